The SMILES string of the molecule is c1ccc(-n2c3ccccc3c3c(-c4cc5ccc6ccccc6c5c5ccccc45)cccc32)cc1. The molecule has 1 heterocycles. The Kier molecular flexibility index (Phi) is 4.29. The third-order valence-electron chi connectivity index (χ3n) is 7.75. The number of para-hydroxylation sites is 2. The van der Waals surface area contributed by atoms with Crippen LogP contribution in [0.4, 0.5) is 0 Å². The third-order valence-corrected chi connectivity index (χ3v) is 7.75. The zero-order valence-electron chi connectivity index (χ0n) is 20.2. The molecule has 1 nitrogen and oxygen atoms in total. The van der Waals surface area contributed by atoms with Gasteiger partial charge in [-0.2, -0.15) is 0 Å². The average Bonchev–Trinajstić information content (AvgIpc) is 3.31. The Hall–Kier alpha value is -4.88. The van der Waals surface area contributed by atoms with E-state index in [1.807, 2.05) is 0 Å². The van der Waals surface area contributed by atoms with Crippen LogP contribution in [0.25, 0.3) is 70.9 Å². The number of fused-ring (bicyclic) bond motifs is 8. The molecule has 8 rings (SSSR count). The van der Waals surface area contributed by atoms with Gasteiger partial charge in [-0.15, -0.1) is 0 Å². The third kappa shape index (κ3) is 2.92. The number of benzene rings is 7. The van der Waals surface area contributed by atoms with Crippen LogP contribution in [0.3, 0.4) is 0 Å². The van der Waals surface area contributed by atoms with Crippen molar-refractivity contribution in [1.29, 1.82) is 0 Å². The van der Waals surface area contributed by atoms with Gasteiger partial charge >= 0.3 is 0 Å². The van der Waals surface area contributed by atoms with E-state index in [2.05, 4.69) is 144 Å². The molecule has 0 amide bonds. The number of aromatic nitrogens is 1. The Morgan fingerprint density at radius 2 is 1.00 bits per heavy atom. The highest BCUT2D eigenvalue weighted by molar-refractivity contribution is 6.25. The fraction of sp³-hybridized carbons (Fsp3) is 0. The predicted molar refractivity (Wildman–Crippen MR) is 159 cm³/mol. The van der Waals surface area contributed by atoms with Gasteiger partial charge in [0, 0.05) is 16.5 Å². The highest BCUT2D eigenvalue weighted by atomic mass is 15.0. The molecule has 1 heteroatoms. The number of rotatable bonds is 2. The lowest BCUT2D eigenvalue weighted by Gasteiger charge is -2.14. The maximum atomic E-state index is 2.40. The van der Waals surface area contributed by atoms with Crippen molar-refractivity contribution in [1.82, 2.24) is 4.57 Å². The topological polar surface area (TPSA) is 4.93 Å². The number of hydrogen-bond acceptors (Lipinski definition) is 0. The van der Waals surface area contributed by atoms with E-state index in [0.29, 0.717) is 0 Å². The van der Waals surface area contributed by atoms with E-state index in [9.17, 15) is 0 Å². The first-order valence-electron chi connectivity index (χ1n) is 12.8. The van der Waals surface area contributed by atoms with Gasteiger partial charge in [-0.3, -0.25) is 0 Å². The molecule has 0 atom stereocenters. The molecule has 8 aromatic rings. The fourth-order valence-corrected chi connectivity index (χ4v) is 6.20. The lowest BCUT2D eigenvalue weighted by molar-refractivity contribution is 1.18. The minimum absolute atomic E-state index is 1.18. The number of nitrogens with zero attached hydrogens (tertiary/aromatic N) is 1. The van der Waals surface area contributed by atoms with Gasteiger partial charge in [-0.05, 0) is 73.8 Å². The Morgan fingerprint density at radius 1 is 0.351 bits per heavy atom. The Balaban J connectivity index is 1.54. The molecule has 0 saturated heterocycles. The van der Waals surface area contributed by atoms with Gasteiger partial charge in [0.25, 0.3) is 0 Å². The summed E-state index contributed by atoms with van der Waals surface area (Å²) in [5.74, 6) is 0. The molecule has 0 bridgehead atoms. The lowest BCUT2D eigenvalue weighted by Crippen LogP contribution is -1.93. The zero-order valence-corrected chi connectivity index (χ0v) is 20.2. The monoisotopic (exact) mass is 469 g/mol. The minimum atomic E-state index is 1.18. The molecule has 0 aliphatic rings. The van der Waals surface area contributed by atoms with E-state index in [1.54, 1.807) is 0 Å². The first-order chi connectivity index (χ1) is 18.4. The average molecular weight is 470 g/mol. The van der Waals surface area contributed by atoms with Crippen LogP contribution in [0, 0.1) is 0 Å². The van der Waals surface area contributed by atoms with Crippen LogP contribution in [0.2, 0.25) is 0 Å². The van der Waals surface area contributed by atoms with Crippen LogP contribution in [0.5, 0.6) is 0 Å². The van der Waals surface area contributed by atoms with E-state index < -0.39 is 0 Å². The van der Waals surface area contributed by atoms with Crippen molar-refractivity contribution in [3.05, 3.63) is 140 Å². The fourth-order valence-electron chi connectivity index (χ4n) is 6.20. The normalized spacial score (nSPS) is 11.8. The molecule has 0 spiro atoms. The van der Waals surface area contributed by atoms with Crippen LogP contribution < -0.4 is 0 Å². The molecule has 0 fully saturated rings. The van der Waals surface area contributed by atoms with E-state index in [-0.39, 0.29) is 0 Å². The lowest BCUT2D eigenvalue weighted by atomic mass is 9.89. The second-order valence-corrected chi connectivity index (χ2v) is 9.74. The Morgan fingerprint density at radius 3 is 1.86 bits per heavy atom. The van der Waals surface area contributed by atoms with Crippen LogP contribution >= 0.6 is 0 Å². The van der Waals surface area contributed by atoms with Crippen molar-refractivity contribution < 1.29 is 0 Å². The molecule has 0 unspecified atom stereocenters. The van der Waals surface area contributed by atoms with Crippen molar-refractivity contribution in [2.75, 3.05) is 0 Å². The Labute approximate surface area is 214 Å². The molecule has 0 N–H and O–H groups in total. The highest BCUT2D eigenvalue weighted by Gasteiger charge is 2.18. The molecule has 0 saturated carbocycles. The largest absolute Gasteiger partial charge is 0.309 e. The summed E-state index contributed by atoms with van der Waals surface area (Å²) in [5.41, 5.74) is 6.19. The summed E-state index contributed by atoms with van der Waals surface area (Å²) in [4.78, 5) is 0. The molecule has 1 aromatic heterocycles. The molecule has 7 aromatic carbocycles. The molecule has 0 aliphatic carbocycles. The van der Waals surface area contributed by atoms with Crippen molar-refractivity contribution >= 4 is 54.1 Å². The van der Waals surface area contributed by atoms with E-state index in [1.165, 1.54) is 70.9 Å². The summed E-state index contributed by atoms with van der Waals surface area (Å²) in [6.45, 7) is 0. The first kappa shape index (κ1) is 20.3. The predicted octanol–water partition coefficient (Wildman–Crippen LogP) is 9.91. The zero-order chi connectivity index (χ0) is 24.3. The summed E-state index contributed by atoms with van der Waals surface area (Å²) in [7, 11) is 0. The maximum Gasteiger partial charge on any atom is 0.0547 e. The summed E-state index contributed by atoms with van der Waals surface area (Å²) < 4.78 is 2.39. The van der Waals surface area contributed by atoms with Gasteiger partial charge in [0.2, 0.25) is 0 Å². The van der Waals surface area contributed by atoms with Crippen molar-refractivity contribution in [3.63, 3.8) is 0 Å². The van der Waals surface area contributed by atoms with E-state index in [4.69, 9.17) is 0 Å². The van der Waals surface area contributed by atoms with Gasteiger partial charge in [-0.25, -0.2) is 0 Å². The standard InChI is InChI=1S/C36H23N/c1-2-12-26(13-3-1)37-33-19-9-8-17-31(33)36-30(18-10-20-34(36)37)32-23-25-22-21-24-11-4-5-14-27(24)35(25)29-16-7-6-15-28(29)32/h1-23H. The quantitative estimate of drug-likeness (QED) is 0.222. The second-order valence-electron chi connectivity index (χ2n) is 9.74. The van der Waals surface area contributed by atoms with Crippen molar-refractivity contribution in [2.45, 2.75) is 0 Å². The van der Waals surface area contributed by atoms with Crippen LogP contribution in [0.15, 0.2) is 140 Å². The molecule has 0 radical (unpaired) electrons. The second kappa shape index (κ2) is 7.81. The summed E-state index contributed by atoms with van der Waals surface area (Å²) in [6, 6.07) is 50.7. The molecular weight excluding hydrogens is 446 g/mol. The van der Waals surface area contributed by atoms with E-state index >= 15 is 0 Å². The summed E-state index contributed by atoms with van der Waals surface area (Å²) in [6.07, 6.45) is 0. The van der Waals surface area contributed by atoms with Gasteiger partial charge in [-0.1, -0.05) is 109 Å². The van der Waals surface area contributed by atoms with Gasteiger partial charge in [0.05, 0.1) is 11.0 Å². The molecule has 172 valence electrons. The summed E-state index contributed by atoms with van der Waals surface area (Å²) >= 11 is 0. The van der Waals surface area contributed by atoms with Gasteiger partial charge < -0.3 is 4.57 Å². The van der Waals surface area contributed by atoms with Crippen LogP contribution in [0.1, 0.15) is 0 Å². The number of hydrogen-bond donors (Lipinski definition) is 0. The van der Waals surface area contributed by atoms with Crippen LogP contribution in [-0.2, 0) is 0 Å². The van der Waals surface area contributed by atoms with Gasteiger partial charge in [0.15, 0.2) is 0 Å². The van der Waals surface area contributed by atoms with Crippen molar-refractivity contribution in [2.24, 2.45) is 0 Å². The Bertz CT molecular complexity index is 2130. The molecular formula is C36H23N. The van der Waals surface area contributed by atoms with E-state index in [0.717, 1.165) is 0 Å². The van der Waals surface area contributed by atoms with Gasteiger partial charge in [0.1, 0.15) is 0 Å². The van der Waals surface area contributed by atoms with Crippen LogP contribution in [-0.4, -0.2) is 4.57 Å². The smallest absolute Gasteiger partial charge is 0.0547 e. The maximum absolute atomic E-state index is 2.40. The molecule has 0 aliphatic heterocycles. The minimum Gasteiger partial charge on any atom is -0.309 e. The highest BCUT2D eigenvalue weighted by Crippen LogP contribution is 2.43. The summed E-state index contributed by atoms with van der Waals surface area (Å²) in [5, 5.41) is 10.4. The first-order valence-corrected chi connectivity index (χ1v) is 12.8. The van der Waals surface area contributed by atoms with Crippen molar-refractivity contribution in [3.8, 4) is 16.8 Å². The molecule has 37 heavy (non-hydrogen) atoms.